The summed E-state index contributed by atoms with van der Waals surface area (Å²) in [7, 11) is 0. The molecule has 2 aromatic rings. The van der Waals surface area contributed by atoms with Crippen LogP contribution < -0.4 is 5.32 Å². The molecule has 2 aromatic carbocycles. The minimum Gasteiger partial charge on any atom is -0.466 e. The molecule has 0 aromatic heterocycles. The third-order valence-corrected chi connectivity index (χ3v) is 3.84. The fourth-order valence-electron chi connectivity index (χ4n) is 2.49. The van der Waals surface area contributed by atoms with Crippen LogP contribution in [0.3, 0.4) is 0 Å². The number of nitro groups is 1. The number of carbonyl (C=O) groups excluding carboxylic acids is 2. The van der Waals surface area contributed by atoms with Crippen LogP contribution in [0.15, 0.2) is 54.6 Å². The molecule has 0 unspecified atom stereocenters. The molecule has 142 valence electrons. The van der Waals surface area contributed by atoms with Crippen LogP contribution in [-0.4, -0.2) is 23.4 Å². The predicted molar refractivity (Wildman–Crippen MR) is 101 cm³/mol. The summed E-state index contributed by atoms with van der Waals surface area (Å²) in [5.41, 5.74) is 1.47. The maximum atomic E-state index is 11.9. The zero-order valence-corrected chi connectivity index (χ0v) is 14.9. The van der Waals surface area contributed by atoms with Crippen molar-refractivity contribution in [3.63, 3.8) is 0 Å². The maximum absolute atomic E-state index is 11.9. The molecule has 27 heavy (non-hydrogen) atoms. The second kappa shape index (κ2) is 10.7. The van der Waals surface area contributed by atoms with E-state index in [9.17, 15) is 19.7 Å². The van der Waals surface area contributed by atoms with E-state index < -0.39 is 4.92 Å². The first-order chi connectivity index (χ1) is 13.0. The second-order valence-corrected chi connectivity index (χ2v) is 6.02. The Bertz CT molecular complexity index is 777. The number of benzene rings is 2. The second-order valence-electron chi connectivity index (χ2n) is 6.02. The van der Waals surface area contributed by atoms with Gasteiger partial charge in [0, 0.05) is 30.7 Å². The molecule has 7 heteroatoms. The Hall–Kier alpha value is -3.22. The number of hydrogen-bond acceptors (Lipinski definition) is 5. The van der Waals surface area contributed by atoms with Crippen LogP contribution in [0.1, 0.15) is 31.2 Å². The maximum Gasteiger partial charge on any atom is 0.305 e. The molecule has 1 amide bonds. The van der Waals surface area contributed by atoms with Crippen molar-refractivity contribution in [2.24, 2.45) is 0 Å². The van der Waals surface area contributed by atoms with E-state index >= 15 is 0 Å². The number of nitro benzene ring substituents is 1. The quantitative estimate of drug-likeness (QED) is 0.296. The first kappa shape index (κ1) is 20.1. The molecular formula is C20H22N2O5. The molecule has 2 rings (SSSR count). The van der Waals surface area contributed by atoms with E-state index in [0.717, 1.165) is 12.8 Å². The van der Waals surface area contributed by atoms with Gasteiger partial charge in [0.25, 0.3) is 5.69 Å². The molecule has 0 aliphatic heterocycles. The number of rotatable bonds is 10. The lowest BCUT2D eigenvalue weighted by molar-refractivity contribution is -0.384. The Balaban J connectivity index is 1.59. The van der Waals surface area contributed by atoms with Crippen LogP contribution >= 0.6 is 0 Å². The molecule has 0 spiro atoms. The van der Waals surface area contributed by atoms with Gasteiger partial charge in [-0.3, -0.25) is 19.7 Å². The van der Waals surface area contributed by atoms with Gasteiger partial charge in [0.1, 0.15) is 0 Å². The fraction of sp³-hybridized carbons (Fsp3) is 0.300. The van der Waals surface area contributed by atoms with Crippen LogP contribution in [0, 0.1) is 10.1 Å². The number of nitrogens with zero attached hydrogens (tertiary/aromatic N) is 1. The first-order valence-electron chi connectivity index (χ1n) is 8.78. The minimum absolute atomic E-state index is 0.0909. The highest BCUT2D eigenvalue weighted by atomic mass is 16.6. The first-order valence-corrected chi connectivity index (χ1v) is 8.78. The summed E-state index contributed by atoms with van der Waals surface area (Å²) < 4.78 is 5.16. The number of amides is 1. The van der Waals surface area contributed by atoms with Gasteiger partial charge in [-0.05, 0) is 30.9 Å². The topological polar surface area (TPSA) is 98.5 Å². The SMILES string of the molecule is O=C(CCCC(=O)OCCCc1ccccc1)Nc1cccc([N+](=O)[O-])c1. The van der Waals surface area contributed by atoms with E-state index in [1.165, 1.54) is 23.8 Å². The normalized spacial score (nSPS) is 10.2. The Labute approximate surface area is 157 Å². The zero-order valence-electron chi connectivity index (χ0n) is 14.9. The molecule has 0 saturated heterocycles. The lowest BCUT2D eigenvalue weighted by atomic mass is 10.1. The highest BCUT2D eigenvalue weighted by Gasteiger charge is 2.09. The van der Waals surface area contributed by atoms with Crippen molar-refractivity contribution in [2.45, 2.75) is 32.1 Å². The summed E-state index contributed by atoms with van der Waals surface area (Å²) in [5, 5.41) is 13.3. The minimum atomic E-state index is -0.524. The molecule has 0 atom stereocenters. The number of anilines is 1. The van der Waals surface area contributed by atoms with Crippen LogP contribution in [0.5, 0.6) is 0 Å². The Morgan fingerprint density at radius 3 is 2.52 bits per heavy atom. The van der Waals surface area contributed by atoms with Crippen molar-refractivity contribution < 1.29 is 19.2 Å². The average Bonchev–Trinajstić information content (AvgIpc) is 2.66. The summed E-state index contributed by atoms with van der Waals surface area (Å²) in [6, 6.07) is 15.7. The van der Waals surface area contributed by atoms with Crippen molar-refractivity contribution >= 4 is 23.3 Å². The third kappa shape index (κ3) is 7.68. The van der Waals surface area contributed by atoms with E-state index in [4.69, 9.17) is 4.74 Å². The zero-order chi connectivity index (χ0) is 19.5. The smallest absolute Gasteiger partial charge is 0.305 e. The van der Waals surface area contributed by atoms with Gasteiger partial charge < -0.3 is 10.1 Å². The number of carbonyl (C=O) groups is 2. The van der Waals surface area contributed by atoms with Crippen LogP contribution in [0.2, 0.25) is 0 Å². The van der Waals surface area contributed by atoms with E-state index in [1.807, 2.05) is 30.3 Å². The molecule has 7 nitrogen and oxygen atoms in total. The van der Waals surface area contributed by atoms with Crippen molar-refractivity contribution in [1.82, 2.24) is 0 Å². The number of non-ortho nitro benzene ring substituents is 1. The average molecular weight is 370 g/mol. The molecule has 0 radical (unpaired) electrons. The molecule has 1 N–H and O–H groups in total. The van der Waals surface area contributed by atoms with Crippen LogP contribution in [0.4, 0.5) is 11.4 Å². The van der Waals surface area contributed by atoms with Crippen molar-refractivity contribution in [3.8, 4) is 0 Å². The Morgan fingerprint density at radius 2 is 1.78 bits per heavy atom. The van der Waals surface area contributed by atoms with Gasteiger partial charge in [0.15, 0.2) is 0 Å². The Kier molecular flexibility index (Phi) is 7.96. The predicted octanol–water partition coefficient (Wildman–Crippen LogP) is 3.88. The Morgan fingerprint density at radius 1 is 1.00 bits per heavy atom. The molecule has 0 aliphatic carbocycles. The van der Waals surface area contributed by atoms with E-state index in [2.05, 4.69) is 5.32 Å². The molecule has 0 heterocycles. The number of esters is 1. The summed E-state index contributed by atoms with van der Waals surface area (Å²) >= 11 is 0. The van der Waals surface area contributed by atoms with Crippen LogP contribution in [-0.2, 0) is 20.7 Å². The van der Waals surface area contributed by atoms with E-state index in [1.54, 1.807) is 6.07 Å². The van der Waals surface area contributed by atoms with Gasteiger partial charge in [0.2, 0.25) is 5.91 Å². The summed E-state index contributed by atoms with van der Waals surface area (Å²) in [6.45, 7) is 0.355. The van der Waals surface area contributed by atoms with Gasteiger partial charge in [0.05, 0.1) is 11.5 Å². The standard InChI is InChI=1S/C20H22N2O5/c23-19(21-17-10-4-11-18(15-17)22(25)26)12-5-13-20(24)27-14-6-9-16-7-2-1-3-8-16/h1-4,7-8,10-11,15H,5-6,9,12-14H2,(H,21,23). The number of ether oxygens (including phenoxy) is 1. The number of aryl methyl sites for hydroxylation is 1. The summed E-state index contributed by atoms with van der Waals surface area (Å²) in [5.74, 6) is -0.626. The van der Waals surface area contributed by atoms with Gasteiger partial charge >= 0.3 is 5.97 Å². The summed E-state index contributed by atoms with van der Waals surface area (Å²) in [6.07, 6.45) is 2.26. The molecule has 0 saturated carbocycles. The summed E-state index contributed by atoms with van der Waals surface area (Å²) in [4.78, 5) is 33.7. The lowest BCUT2D eigenvalue weighted by Crippen LogP contribution is -2.13. The fourth-order valence-corrected chi connectivity index (χ4v) is 2.49. The highest BCUT2D eigenvalue weighted by molar-refractivity contribution is 5.91. The van der Waals surface area contributed by atoms with Gasteiger partial charge in [-0.1, -0.05) is 36.4 Å². The van der Waals surface area contributed by atoms with Crippen molar-refractivity contribution in [2.75, 3.05) is 11.9 Å². The van der Waals surface area contributed by atoms with Crippen molar-refractivity contribution in [3.05, 3.63) is 70.3 Å². The number of hydrogen-bond donors (Lipinski definition) is 1. The van der Waals surface area contributed by atoms with Gasteiger partial charge in [-0.25, -0.2) is 0 Å². The largest absolute Gasteiger partial charge is 0.466 e. The molecule has 0 aliphatic rings. The van der Waals surface area contributed by atoms with E-state index in [-0.39, 0.29) is 30.4 Å². The molecule has 0 bridgehead atoms. The molecular weight excluding hydrogens is 348 g/mol. The number of nitrogens with one attached hydrogen (secondary N) is 1. The lowest BCUT2D eigenvalue weighted by Gasteiger charge is -2.06. The highest BCUT2D eigenvalue weighted by Crippen LogP contribution is 2.17. The van der Waals surface area contributed by atoms with Crippen molar-refractivity contribution in [1.29, 1.82) is 0 Å². The van der Waals surface area contributed by atoms with Gasteiger partial charge in [-0.15, -0.1) is 0 Å². The van der Waals surface area contributed by atoms with Crippen LogP contribution in [0.25, 0.3) is 0 Å². The monoisotopic (exact) mass is 370 g/mol. The molecule has 0 fully saturated rings. The van der Waals surface area contributed by atoms with E-state index in [0.29, 0.717) is 18.7 Å². The van der Waals surface area contributed by atoms with Gasteiger partial charge in [-0.2, -0.15) is 0 Å². The third-order valence-electron chi connectivity index (χ3n) is 3.84.